The molecular weight excluding hydrogens is 379 g/mol. The van der Waals surface area contributed by atoms with Crippen molar-refractivity contribution in [3.63, 3.8) is 0 Å². The summed E-state index contributed by atoms with van der Waals surface area (Å²) in [5.74, 6) is 0.189. The number of anilines is 1. The van der Waals surface area contributed by atoms with E-state index in [0.717, 1.165) is 0 Å². The molecule has 0 saturated carbocycles. The lowest BCUT2D eigenvalue weighted by Gasteiger charge is -2.16. The Labute approximate surface area is 166 Å². The zero-order chi connectivity index (χ0) is 20.6. The van der Waals surface area contributed by atoms with E-state index in [2.05, 4.69) is 39.4 Å². The molecule has 0 spiro atoms. The average molecular weight is 407 g/mol. The summed E-state index contributed by atoms with van der Waals surface area (Å²) < 4.78 is 40.3. The minimum Gasteiger partial charge on any atom is -0.356 e. The summed E-state index contributed by atoms with van der Waals surface area (Å²) in [5.41, 5.74) is 1.88. The highest BCUT2D eigenvalue weighted by atomic mass is 32.2. The molecule has 0 amide bonds. The number of benzene rings is 2. The van der Waals surface area contributed by atoms with Crippen molar-refractivity contribution in [2.75, 3.05) is 30.6 Å². The van der Waals surface area contributed by atoms with Gasteiger partial charge in [-0.15, -0.1) is 0 Å². The van der Waals surface area contributed by atoms with E-state index in [-0.39, 0.29) is 23.9 Å². The van der Waals surface area contributed by atoms with E-state index in [1.54, 1.807) is 14.0 Å². The van der Waals surface area contributed by atoms with Gasteiger partial charge in [0.1, 0.15) is 5.82 Å². The molecule has 0 aliphatic carbocycles. The lowest BCUT2D eigenvalue weighted by Crippen LogP contribution is -2.41. The lowest BCUT2D eigenvalue weighted by atomic mass is 10.0. The van der Waals surface area contributed by atoms with Crippen LogP contribution in [0.1, 0.15) is 24.0 Å². The fourth-order valence-corrected chi connectivity index (χ4v) is 3.52. The molecule has 1 atom stereocenters. The predicted octanol–water partition coefficient (Wildman–Crippen LogP) is 2.84. The van der Waals surface area contributed by atoms with E-state index in [1.807, 2.05) is 18.2 Å². The summed E-state index contributed by atoms with van der Waals surface area (Å²) in [7, 11) is -1.98. The zero-order valence-electron chi connectivity index (χ0n) is 16.4. The van der Waals surface area contributed by atoms with E-state index >= 15 is 0 Å². The first-order valence-corrected chi connectivity index (χ1v) is 10.7. The Hall–Kier alpha value is -2.61. The molecule has 0 bridgehead atoms. The number of sulfonamides is 1. The van der Waals surface area contributed by atoms with E-state index in [9.17, 15) is 12.8 Å². The smallest absolute Gasteiger partial charge is 0.234 e. The quantitative estimate of drug-likeness (QED) is 0.465. The molecule has 2 aromatic rings. The summed E-state index contributed by atoms with van der Waals surface area (Å²) >= 11 is 0. The van der Waals surface area contributed by atoms with Crippen LogP contribution >= 0.6 is 0 Å². The van der Waals surface area contributed by atoms with Crippen molar-refractivity contribution in [1.29, 1.82) is 0 Å². The fraction of sp³-hybridized carbons (Fsp3) is 0.350. The van der Waals surface area contributed by atoms with Crippen LogP contribution < -0.4 is 15.4 Å². The standard InChI is InChI=1S/C20H27FN4O2S/c1-15-9-10-18(13-19(15)21)25-28(26,27)12-11-23-20(22-3)24-14-16(2)17-7-5-4-6-8-17/h4-10,13,16,25H,11-12,14H2,1-3H3,(H2,22,23,24). The first kappa shape index (κ1) is 21.7. The van der Waals surface area contributed by atoms with Crippen molar-refractivity contribution in [1.82, 2.24) is 10.6 Å². The molecule has 1 unspecified atom stereocenters. The molecular formula is C20H27FN4O2S. The van der Waals surface area contributed by atoms with Crippen LogP contribution in [-0.4, -0.2) is 40.3 Å². The fourth-order valence-electron chi connectivity index (χ4n) is 2.56. The topological polar surface area (TPSA) is 82.6 Å². The SMILES string of the molecule is CN=C(NCCS(=O)(=O)Nc1ccc(C)c(F)c1)NCC(C)c1ccccc1. The van der Waals surface area contributed by atoms with Crippen molar-refractivity contribution in [3.05, 3.63) is 65.5 Å². The molecule has 0 radical (unpaired) electrons. The van der Waals surface area contributed by atoms with Crippen molar-refractivity contribution in [2.24, 2.45) is 4.99 Å². The lowest BCUT2D eigenvalue weighted by molar-refractivity contribution is 0.599. The highest BCUT2D eigenvalue weighted by Gasteiger charge is 2.12. The zero-order valence-corrected chi connectivity index (χ0v) is 17.2. The molecule has 6 nitrogen and oxygen atoms in total. The monoisotopic (exact) mass is 406 g/mol. The van der Waals surface area contributed by atoms with Crippen LogP contribution in [0.2, 0.25) is 0 Å². The molecule has 28 heavy (non-hydrogen) atoms. The number of halogens is 1. The summed E-state index contributed by atoms with van der Waals surface area (Å²) in [6.45, 7) is 4.56. The first-order valence-electron chi connectivity index (χ1n) is 9.07. The maximum absolute atomic E-state index is 13.6. The van der Waals surface area contributed by atoms with Gasteiger partial charge in [0.2, 0.25) is 10.0 Å². The van der Waals surface area contributed by atoms with E-state index in [0.29, 0.717) is 18.1 Å². The number of aliphatic imine (C=N–C) groups is 1. The molecule has 0 saturated heterocycles. The molecule has 0 aliphatic heterocycles. The van der Waals surface area contributed by atoms with Crippen LogP contribution in [0.25, 0.3) is 0 Å². The maximum Gasteiger partial charge on any atom is 0.234 e. The minimum atomic E-state index is -3.60. The van der Waals surface area contributed by atoms with Crippen LogP contribution in [0.3, 0.4) is 0 Å². The predicted molar refractivity (Wildman–Crippen MR) is 113 cm³/mol. The van der Waals surface area contributed by atoms with E-state index in [4.69, 9.17) is 0 Å². The molecule has 0 aliphatic rings. The van der Waals surface area contributed by atoms with Gasteiger partial charge < -0.3 is 10.6 Å². The molecule has 8 heteroatoms. The number of aryl methyl sites for hydroxylation is 1. The third-order valence-corrected chi connectivity index (χ3v) is 5.56. The first-order chi connectivity index (χ1) is 13.3. The van der Waals surface area contributed by atoms with Gasteiger partial charge in [-0.05, 0) is 36.1 Å². The van der Waals surface area contributed by atoms with Crippen molar-refractivity contribution < 1.29 is 12.8 Å². The number of nitrogens with one attached hydrogen (secondary N) is 3. The number of guanidine groups is 1. The number of hydrogen-bond acceptors (Lipinski definition) is 3. The van der Waals surface area contributed by atoms with Crippen LogP contribution in [0.4, 0.5) is 10.1 Å². The molecule has 152 valence electrons. The van der Waals surface area contributed by atoms with Gasteiger partial charge in [0, 0.05) is 20.1 Å². The summed E-state index contributed by atoms with van der Waals surface area (Å²) in [6, 6.07) is 14.3. The molecule has 2 rings (SSSR count). The summed E-state index contributed by atoms with van der Waals surface area (Å²) in [6.07, 6.45) is 0. The minimum absolute atomic E-state index is 0.169. The van der Waals surface area contributed by atoms with Gasteiger partial charge in [0.05, 0.1) is 11.4 Å². The highest BCUT2D eigenvalue weighted by Crippen LogP contribution is 2.15. The third-order valence-electron chi connectivity index (χ3n) is 4.28. The third kappa shape index (κ3) is 6.84. The van der Waals surface area contributed by atoms with Gasteiger partial charge in [-0.3, -0.25) is 9.71 Å². The number of hydrogen-bond donors (Lipinski definition) is 3. The van der Waals surface area contributed by atoms with Gasteiger partial charge in [-0.2, -0.15) is 0 Å². The molecule has 0 aromatic heterocycles. The van der Waals surface area contributed by atoms with E-state index < -0.39 is 15.8 Å². The Balaban J connectivity index is 1.80. The Morgan fingerprint density at radius 3 is 2.50 bits per heavy atom. The van der Waals surface area contributed by atoms with Gasteiger partial charge in [0.25, 0.3) is 0 Å². The van der Waals surface area contributed by atoms with Crippen LogP contribution in [-0.2, 0) is 10.0 Å². The molecule has 0 fully saturated rings. The van der Waals surface area contributed by atoms with Crippen molar-refractivity contribution in [3.8, 4) is 0 Å². The second-order valence-electron chi connectivity index (χ2n) is 6.58. The van der Waals surface area contributed by atoms with Crippen LogP contribution in [0.5, 0.6) is 0 Å². The van der Waals surface area contributed by atoms with Gasteiger partial charge in [0.15, 0.2) is 5.96 Å². The van der Waals surface area contributed by atoms with Crippen LogP contribution in [0, 0.1) is 12.7 Å². The second kappa shape index (κ2) is 10.1. The Kier molecular flexibility index (Phi) is 7.80. The molecule has 2 aromatic carbocycles. The van der Waals surface area contributed by atoms with Crippen molar-refractivity contribution >= 4 is 21.7 Å². The number of nitrogens with zero attached hydrogens (tertiary/aromatic N) is 1. The van der Waals surface area contributed by atoms with Gasteiger partial charge in [-0.25, -0.2) is 12.8 Å². The van der Waals surface area contributed by atoms with Gasteiger partial charge >= 0.3 is 0 Å². The average Bonchev–Trinajstić information content (AvgIpc) is 2.67. The Morgan fingerprint density at radius 2 is 1.86 bits per heavy atom. The largest absolute Gasteiger partial charge is 0.356 e. The summed E-state index contributed by atoms with van der Waals surface area (Å²) in [5, 5.41) is 6.18. The highest BCUT2D eigenvalue weighted by molar-refractivity contribution is 7.92. The Bertz CT molecular complexity index is 902. The molecule has 0 heterocycles. The Morgan fingerprint density at radius 1 is 1.14 bits per heavy atom. The van der Waals surface area contributed by atoms with Crippen molar-refractivity contribution in [2.45, 2.75) is 19.8 Å². The van der Waals surface area contributed by atoms with Crippen LogP contribution in [0.15, 0.2) is 53.5 Å². The normalized spacial score (nSPS) is 13.1. The summed E-state index contributed by atoms with van der Waals surface area (Å²) in [4.78, 5) is 4.11. The van der Waals surface area contributed by atoms with E-state index in [1.165, 1.54) is 23.8 Å². The number of rotatable bonds is 8. The second-order valence-corrected chi connectivity index (χ2v) is 8.42. The molecule has 3 N–H and O–H groups in total. The maximum atomic E-state index is 13.6. The van der Waals surface area contributed by atoms with Gasteiger partial charge in [-0.1, -0.05) is 43.3 Å².